The Balaban J connectivity index is 3.65. The van der Waals surface area contributed by atoms with E-state index in [1.165, 1.54) is 38.8 Å². The molecule has 0 N–H and O–H groups in total. The standard InChI is InChI=1S/C18H28F2/c1-9-14-11-15(10-12(2)13(14)3)18(8,16(4,5)19)17(6,7)20/h10-11H,9H2,1-8H3. The molecule has 1 aromatic carbocycles. The Morgan fingerprint density at radius 3 is 1.70 bits per heavy atom. The summed E-state index contributed by atoms with van der Waals surface area (Å²) in [5.74, 6) is 0. The second kappa shape index (κ2) is 5.13. The summed E-state index contributed by atoms with van der Waals surface area (Å²) in [4.78, 5) is 0. The van der Waals surface area contributed by atoms with Gasteiger partial charge in [0.15, 0.2) is 0 Å². The number of alkyl halides is 2. The second-order valence-corrected chi connectivity index (χ2v) is 7.00. The van der Waals surface area contributed by atoms with Crippen LogP contribution in [0.25, 0.3) is 0 Å². The van der Waals surface area contributed by atoms with Crippen LogP contribution in [0.15, 0.2) is 12.1 Å². The molecule has 114 valence electrons. The number of hydrogen-bond donors (Lipinski definition) is 0. The van der Waals surface area contributed by atoms with Gasteiger partial charge in [-0.2, -0.15) is 0 Å². The maximum absolute atomic E-state index is 14.8. The van der Waals surface area contributed by atoms with Crippen LogP contribution in [-0.4, -0.2) is 11.3 Å². The molecular formula is C18H28F2. The Kier molecular flexibility index (Phi) is 4.39. The first-order chi connectivity index (χ1) is 8.86. The van der Waals surface area contributed by atoms with Gasteiger partial charge in [-0.15, -0.1) is 0 Å². The van der Waals surface area contributed by atoms with Crippen molar-refractivity contribution in [3.05, 3.63) is 34.4 Å². The summed E-state index contributed by atoms with van der Waals surface area (Å²) < 4.78 is 29.7. The third-order valence-corrected chi connectivity index (χ3v) is 5.11. The van der Waals surface area contributed by atoms with Crippen LogP contribution < -0.4 is 0 Å². The SMILES string of the molecule is CCc1cc(C(C)(C(C)(C)F)C(C)(C)F)cc(C)c1C. The van der Waals surface area contributed by atoms with E-state index in [9.17, 15) is 8.78 Å². The van der Waals surface area contributed by atoms with Crippen LogP contribution in [0.2, 0.25) is 0 Å². The van der Waals surface area contributed by atoms with Crippen molar-refractivity contribution in [3.63, 3.8) is 0 Å². The highest BCUT2D eigenvalue weighted by molar-refractivity contribution is 5.43. The molecule has 1 aromatic rings. The molecule has 0 nitrogen and oxygen atoms in total. The molecule has 2 heteroatoms. The molecule has 0 aliphatic heterocycles. The third kappa shape index (κ3) is 2.62. The molecule has 0 fully saturated rings. The van der Waals surface area contributed by atoms with E-state index in [0.29, 0.717) is 0 Å². The van der Waals surface area contributed by atoms with Gasteiger partial charge in [0.1, 0.15) is 11.3 Å². The van der Waals surface area contributed by atoms with Crippen molar-refractivity contribution in [1.29, 1.82) is 0 Å². The zero-order valence-corrected chi connectivity index (χ0v) is 14.1. The van der Waals surface area contributed by atoms with Gasteiger partial charge in [0.05, 0.1) is 5.41 Å². The molecule has 0 saturated heterocycles. The summed E-state index contributed by atoms with van der Waals surface area (Å²) in [5, 5.41) is 0. The molecule has 0 saturated carbocycles. The van der Waals surface area contributed by atoms with Gasteiger partial charge in [-0.3, -0.25) is 0 Å². The Morgan fingerprint density at radius 1 is 0.900 bits per heavy atom. The first kappa shape index (κ1) is 17.1. The summed E-state index contributed by atoms with van der Waals surface area (Å²) in [6, 6.07) is 3.92. The Labute approximate surface area is 122 Å². The topological polar surface area (TPSA) is 0 Å². The van der Waals surface area contributed by atoms with Crippen LogP contribution in [0.3, 0.4) is 0 Å². The quantitative estimate of drug-likeness (QED) is 0.672. The van der Waals surface area contributed by atoms with Crippen molar-refractivity contribution in [3.8, 4) is 0 Å². The molecule has 0 spiro atoms. The highest BCUT2D eigenvalue weighted by atomic mass is 19.2. The summed E-state index contributed by atoms with van der Waals surface area (Å²) in [6.07, 6.45) is 0.871. The zero-order valence-electron chi connectivity index (χ0n) is 14.1. The fourth-order valence-electron chi connectivity index (χ4n) is 2.98. The molecule has 0 unspecified atom stereocenters. The van der Waals surface area contributed by atoms with Gasteiger partial charge in [-0.1, -0.05) is 19.1 Å². The molecule has 0 aliphatic carbocycles. The molecular weight excluding hydrogens is 254 g/mol. The van der Waals surface area contributed by atoms with E-state index in [4.69, 9.17) is 0 Å². The first-order valence-corrected chi connectivity index (χ1v) is 7.34. The highest BCUT2D eigenvalue weighted by Crippen LogP contribution is 2.48. The van der Waals surface area contributed by atoms with Gasteiger partial charge < -0.3 is 0 Å². The predicted octanol–water partition coefficient (Wildman–Crippen LogP) is 5.62. The van der Waals surface area contributed by atoms with E-state index in [1.54, 1.807) is 6.92 Å². The maximum Gasteiger partial charge on any atom is 0.117 e. The zero-order chi connectivity index (χ0) is 15.9. The molecule has 0 heterocycles. The lowest BCUT2D eigenvalue weighted by molar-refractivity contribution is -0.0159. The van der Waals surface area contributed by atoms with Crippen molar-refractivity contribution >= 4 is 0 Å². The van der Waals surface area contributed by atoms with Gasteiger partial charge in [-0.25, -0.2) is 8.78 Å². The van der Waals surface area contributed by atoms with Gasteiger partial charge in [0, 0.05) is 0 Å². The van der Waals surface area contributed by atoms with E-state index in [0.717, 1.165) is 17.5 Å². The van der Waals surface area contributed by atoms with Crippen LogP contribution in [0.4, 0.5) is 8.78 Å². The van der Waals surface area contributed by atoms with Gasteiger partial charge in [0.2, 0.25) is 0 Å². The minimum atomic E-state index is -1.65. The molecule has 0 radical (unpaired) electrons. The largest absolute Gasteiger partial charge is 0.243 e. The monoisotopic (exact) mass is 282 g/mol. The number of hydrogen-bond acceptors (Lipinski definition) is 0. The van der Waals surface area contributed by atoms with Crippen molar-refractivity contribution in [2.24, 2.45) is 0 Å². The Hall–Kier alpha value is -0.920. The lowest BCUT2D eigenvalue weighted by atomic mass is 9.62. The lowest BCUT2D eigenvalue weighted by Gasteiger charge is -2.46. The van der Waals surface area contributed by atoms with Gasteiger partial charge in [-0.05, 0) is 77.1 Å². The Morgan fingerprint density at radius 2 is 1.35 bits per heavy atom. The third-order valence-electron chi connectivity index (χ3n) is 5.11. The van der Waals surface area contributed by atoms with Gasteiger partial charge in [0.25, 0.3) is 0 Å². The van der Waals surface area contributed by atoms with Crippen LogP contribution in [0.1, 0.15) is 63.8 Å². The minimum Gasteiger partial charge on any atom is -0.243 e. The minimum absolute atomic E-state index is 0.748. The van der Waals surface area contributed by atoms with E-state index in [1.807, 2.05) is 19.1 Å². The van der Waals surface area contributed by atoms with Crippen molar-refractivity contribution in [2.45, 2.75) is 78.6 Å². The summed E-state index contributed by atoms with van der Waals surface area (Å²) in [5.41, 5.74) is -0.277. The summed E-state index contributed by atoms with van der Waals surface area (Å²) in [6.45, 7) is 13.7. The molecule has 20 heavy (non-hydrogen) atoms. The van der Waals surface area contributed by atoms with Crippen molar-refractivity contribution in [2.75, 3.05) is 0 Å². The molecule has 0 aliphatic rings. The highest BCUT2D eigenvalue weighted by Gasteiger charge is 2.54. The summed E-state index contributed by atoms with van der Waals surface area (Å²) >= 11 is 0. The van der Waals surface area contributed by atoms with E-state index in [-0.39, 0.29) is 0 Å². The van der Waals surface area contributed by atoms with Crippen LogP contribution >= 0.6 is 0 Å². The predicted molar refractivity (Wildman–Crippen MR) is 83.0 cm³/mol. The second-order valence-electron chi connectivity index (χ2n) is 7.00. The van der Waals surface area contributed by atoms with Gasteiger partial charge >= 0.3 is 0 Å². The molecule has 0 aromatic heterocycles. The average molecular weight is 282 g/mol. The lowest BCUT2D eigenvalue weighted by Crippen LogP contribution is -2.54. The van der Waals surface area contributed by atoms with Crippen LogP contribution in [0, 0.1) is 13.8 Å². The van der Waals surface area contributed by atoms with E-state index in [2.05, 4.69) is 13.8 Å². The van der Waals surface area contributed by atoms with E-state index < -0.39 is 16.8 Å². The smallest absolute Gasteiger partial charge is 0.117 e. The molecule has 0 bridgehead atoms. The number of aryl methyl sites for hydroxylation is 2. The maximum atomic E-state index is 14.8. The first-order valence-electron chi connectivity index (χ1n) is 7.34. The number of rotatable bonds is 4. The molecule has 0 atom stereocenters. The molecule has 1 rings (SSSR count). The number of benzene rings is 1. The van der Waals surface area contributed by atoms with Crippen LogP contribution in [0.5, 0.6) is 0 Å². The summed E-state index contributed by atoms with van der Waals surface area (Å²) in [7, 11) is 0. The van der Waals surface area contributed by atoms with Crippen LogP contribution in [-0.2, 0) is 11.8 Å². The fraction of sp³-hybridized carbons (Fsp3) is 0.667. The molecule has 0 amide bonds. The Bertz CT molecular complexity index is 473. The normalized spacial score (nSPS) is 13.7. The average Bonchev–Trinajstić information content (AvgIpc) is 2.28. The van der Waals surface area contributed by atoms with Crippen molar-refractivity contribution < 1.29 is 8.78 Å². The number of halogens is 2. The van der Waals surface area contributed by atoms with E-state index >= 15 is 0 Å². The fourth-order valence-corrected chi connectivity index (χ4v) is 2.98. The van der Waals surface area contributed by atoms with Crippen molar-refractivity contribution in [1.82, 2.24) is 0 Å².